The first-order valence-electron chi connectivity index (χ1n) is 7.16. The molecule has 0 spiro atoms. The highest BCUT2D eigenvalue weighted by atomic mass is 32.1. The summed E-state index contributed by atoms with van der Waals surface area (Å²) in [6.07, 6.45) is 2.17. The molecule has 1 aliphatic heterocycles. The molecule has 21 heavy (non-hydrogen) atoms. The molecule has 1 saturated heterocycles. The minimum absolute atomic E-state index is 0.280. The molecule has 5 heteroatoms. The summed E-state index contributed by atoms with van der Waals surface area (Å²) in [6.45, 7) is 2.97. The Morgan fingerprint density at radius 2 is 2.14 bits per heavy atom. The van der Waals surface area contributed by atoms with Crippen molar-refractivity contribution in [2.45, 2.75) is 25.4 Å². The Morgan fingerprint density at radius 1 is 1.24 bits per heavy atom. The molecule has 2 aromatic rings. The van der Waals surface area contributed by atoms with Crippen molar-refractivity contribution in [2.75, 3.05) is 18.4 Å². The van der Waals surface area contributed by atoms with Crippen LogP contribution in [-0.2, 0) is 6.54 Å². The normalized spacial score (nSPS) is 19.6. The number of anilines is 1. The Hall–Kier alpha value is -1.46. The van der Waals surface area contributed by atoms with Gasteiger partial charge in [-0.15, -0.1) is 0 Å². The van der Waals surface area contributed by atoms with Gasteiger partial charge in [-0.3, -0.25) is 4.90 Å². The lowest BCUT2D eigenvalue weighted by molar-refractivity contribution is 0.209. The minimum atomic E-state index is -0.803. The molecule has 0 radical (unpaired) electrons. The molecule has 1 aliphatic rings. The predicted molar refractivity (Wildman–Crippen MR) is 82.6 cm³/mol. The highest BCUT2D eigenvalue weighted by Crippen LogP contribution is 2.20. The lowest BCUT2D eigenvalue weighted by atomic mass is 10.0. The van der Waals surface area contributed by atoms with Gasteiger partial charge in [0.15, 0.2) is 11.6 Å². The molecule has 1 aromatic carbocycles. The van der Waals surface area contributed by atoms with Crippen molar-refractivity contribution in [2.24, 2.45) is 0 Å². The summed E-state index contributed by atoms with van der Waals surface area (Å²) in [6, 6.07) is 6.42. The first-order chi connectivity index (χ1) is 10.2. The van der Waals surface area contributed by atoms with Crippen molar-refractivity contribution in [3.8, 4) is 0 Å². The standard InChI is InChI=1S/C16H18F2N2S/c17-15-4-3-13(8-16(15)18)19-14-2-1-6-20(10-14)9-12-5-7-21-11-12/h3-5,7-8,11,14,19H,1-2,6,9-10H2/t14-/m0/s1. The summed E-state index contributed by atoms with van der Waals surface area (Å²) in [5.41, 5.74) is 1.99. The van der Waals surface area contributed by atoms with Crippen LogP contribution in [0, 0.1) is 11.6 Å². The highest BCUT2D eigenvalue weighted by molar-refractivity contribution is 7.07. The molecular weight excluding hydrogens is 290 g/mol. The van der Waals surface area contributed by atoms with Crippen molar-refractivity contribution in [1.29, 1.82) is 0 Å². The van der Waals surface area contributed by atoms with Crippen LogP contribution in [0.4, 0.5) is 14.5 Å². The van der Waals surface area contributed by atoms with E-state index in [1.54, 1.807) is 17.4 Å². The molecule has 112 valence electrons. The van der Waals surface area contributed by atoms with Crippen molar-refractivity contribution in [1.82, 2.24) is 4.90 Å². The fourth-order valence-corrected chi connectivity index (χ4v) is 3.44. The van der Waals surface area contributed by atoms with Gasteiger partial charge in [0.2, 0.25) is 0 Å². The summed E-state index contributed by atoms with van der Waals surface area (Å²) >= 11 is 1.72. The number of nitrogens with zero attached hydrogens (tertiary/aromatic N) is 1. The molecule has 2 nitrogen and oxygen atoms in total. The van der Waals surface area contributed by atoms with E-state index in [4.69, 9.17) is 0 Å². The van der Waals surface area contributed by atoms with Gasteiger partial charge in [0.05, 0.1) is 0 Å². The van der Waals surface area contributed by atoms with Crippen LogP contribution in [0.1, 0.15) is 18.4 Å². The van der Waals surface area contributed by atoms with Gasteiger partial charge in [-0.2, -0.15) is 11.3 Å². The number of likely N-dealkylation sites (tertiary alicyclic amines) is 1. The van der Waals surface area contributed by atoms with E-state index in [2.05, 4.69) is 27.0 Å². The maximum Gasteiger partial charge on any atom is 0.160 e. The van der Waals surface area contributed by atoms with Gasteiger partial charge >= 0.3 is 0 Å². The topological polar surface area (TPSA) is 15.3 Å². The van der Waals surface area contributed by atoms with Gasteiger partial charge < -0.3 is 5.32 Å². The predicted octanol–water partition coefficient (Wildman–Crippen LogP) is 4.10. The molecular formula is C16H18F2N2S. The average Bonchev–Trinajstić information content (AvgIpc) is 2.96. The van der Waals surface area contributed by atoms with Gasteiger partial charge in [-0.25, -0.2) is 8.78 Å². The molecule has 1 N–H and O–H groups in total. The van der Waals surface area contributed by atoms with Gasteiger partial charge in [0.1, 0.15) is 0 Å². The number of benzene rings is 1. The monoisotopic (exact) mass is 308 g/mol. The number of nitrogens with one attached hydrogen (secondary N) is 1. The minimum Gasteiger partial charge on any atom is -0.381 e. The quantitative estimate of drug-likeness (QED) is 0.914. The molecule has 1 atom stereocenters. The third kappa shape index (κ3) is 3.80. The summed E-state index contributed by atoms with van der Waals surface area (Å²) in [7, 11) is 0. The third-order valence-corrected chi connectivity index (χ3v) is 4.51. The second-order valence-corrected chi connectivity index (χ2v) is 6.26. The largest absolute Gasteiger partial charge is 0.381 e. The zero-order valence-corrected chi connectivity index (χ0v) is 12.5. The van der Waals surface area contributed by atoms with Crippen LogP contribution < -0.4 is 5.32 Å². The van der Waals surface area contributed by atoms with Crippen molar-refractivity contribution in [3.05, 3.63) is 52.2 Å². The van der Waals surface area contributed by atoms with E-state index in [1.807, 2.05) is 0 Å². The second kappa shape index (κ2) is 6.54. The second-order valence-electron chi connectivity index (χ2n) is 5.48. The lowest BCUT2D eigenvalue weighted by Gasteiger charge is -2.33. The Kier molecular flexibility index (Phi) is 4.51. The number of piperidine rings is 1. The Morgan fingerprint density at radius 3 is 2.90 bits per heavy atom. The van der Waals surface area contributed by atoms with E-state index in [0.717, 1.165) is 32.5 Å². The summed E-state index contributed by atoms with van der Waals surface area (Å²) in [5.74, 6) is -1.60. The highest BCUT2D eigenvalue weighted by Gasteiger charge is 2.20. The third-order valence-electron chi connectivity index (χ3n) is 3.78. The fraction of sp³-hybridized carbons (Fsp3) is 0.375. The zero-order chi connectivity index (χ0) is 14.7. The first-order valence-corrected chi connectivity index (χ1v) is 8.10. The fourth-order valence-electron chi connectivity index (χ4n) is 2.78. The van der Waals surface area contributed by atoms with E-state index >= 15 is 0 Å². The zero-order valence-electron chi connectivity index (χ0n) is 11.7. The van der Waals surface area contributed by atoms with E-state index < -0.39 is 11.6 Å². The Balaban J connectivity index is 1.59. The Bertz CT molecular complexity index is 586. The lowest BCUT2D eigenvalue weighted by Crippen LogP contribution is -2.41. The molecule has 0 amide bonds. The van der Waals surface area contributed by atoms with Crippen molar-refractivity contribution >= 4 is 17.0 Å². The maximum atomic E-state index is 13.2. The summed E-state index contributed by atoms with van der Waals surface area (Å²) < 4.78 is 26.2. The molecule has 2 heterocycles. The van der Waals surface area contributed by atoms with E-state index in [0.29, 0.717) is 5.69 Å². The van der Waals surface area contributed by atoms with Crippen LogP contribution in [0.2, 0.25) is 0 Å². The van der Waals surface area contributed by atoms with Gasteiger partial charge in [0.25, 0.3) is 0 Å². The van der Waals surface area contributed by atoms with Crippen LogP contribution in [-0.4, -0.2) is 24.0 Å². The van der Waals surface area contributed by atoms with E-state index in [9.17, 15) is 8.78 Å². The number of halogens is 2. The van der Waals surface area contributed by atoms with Crippen molar-refractivity contribution < 1.29 is 8.78 Å². The molecule has 0 aliphatic carbocycles. The smallest absolute Gasteiger partial charge is 0.160 e. The van der Waals surface area contributed by atoms with Gasteiger partial charge in [0, 0.05) is 30.9 Å². The van der Waals surface area contributed by atoms with Crippen molar-refractivity contribution in [3.63, 3.8) is 0 Å². The number of hydrogen-bond donors (Lipinski definition) is 1. The molecule has 0 bridgehead atoms. The van der Waals surface area contributed by atoms with E-state index in [-0.39, 0.29) is 6.04 Å². The molecule has 0 unspecified atom stereocenters. The summed E-state index contributed by atoms with van der Waals surface area (Å²) in [4.78, 5) is 2.41. The van der Waals surface area contributed by atoms with Crippen LogP contribution >= 0.6 is 11.3 Å². The average molecular weight is 308 g/mol. The van der Waals surface area contributed by atoms with E-state index in [1.165, 1.54) is 17.7 Å². The molecule has 1 fully saturated rings. The van der Waals surface area contributed by atoms with Crippen LogP contribution in [0.3, 0.4) is 0 Å². The van der Waals surface area contributed by atoms with Gasteiger partial charge in [-0.05, 0) is 53.9 Å². The molecule has 0 saturated carbocycles. The van der Waals surface area contributed by atoms with Crippen LogP contribution in [0.15, 0.2) is 35.0 Å². The first kappa shape index (κ1) is 14.5. The molecule has 1 aromatic heterocycles. The Labute approximate surface area is 127 Å². The van der Waals surface area contributed by atoms with Crippen LogP contribution in [0.25, 0.3) is 0 Å². The molecule has 3 rings (SSSR count). The summed E-state index contributed by atoms with van der Waals surface area (Å²) in [5, 5.41) is 7.58. The SMILES string of the molecule is Fc1ccc(N[C@H]2CCCN(Cc3ccsc3)C2)cc1F. The number of thiophene rings is 1. The number of hydrogen-bond acceptors (Lipinski definition) is 3. The number of rotatable bonds is 4. The maximum absolute atomic E-state index is 13.2. The van der Waals surface area contributed by atoms with Gasteiger partial charge in [-0.1, -0.05) is 0 Å². The van der Waals surface area contributed by atoms with Crippen LogP contribution in [0.5, 0.6) is 0 Å².